The molecule has 44 heavy (non-hydrogen) atoms. The molecule has 0 aromatic heterocycles. The average Bonchev–Trinajstić information content (AvgIpc) is 3.59. The minimum atomic E-state index is -1.76. The third-order valence-corrected chi connectivity index (χ3v) is 12.5. The molecule has 4 N–H and O–H groups in total. The van der Waals surface area contributed by atoms with Gasteiger partial charge in [0.25, 0.3) is 0 Å². The van der Waals surface area contributed by atoms with Crippen LogP contribution in [0.25, 0.3) is 10.8 Å². The number of ketones is 1. The molecule has 2 spiro atoms. The molecule has 4 aliphatic rings. The first-order chi connectivity index (χ1) is 21.1. The van der Waals surface area contributed by atoms with Crippen molar-refractivity contribution in [2.24, 2.45) is 22.7 Å². The van der Waals surface area contributed by atoms with E-state index in [0.29, 0.717) is 32.1 Å². The fourth-order valence-corrected chi connectivity index (χ4v) is 10.3. The van der Waals surface area contributed by atoms with Gasteiger partial charge in [0.1, 0.15) is 5.78 Å². The molecule has 0 aliphatic heterocycles. The van der Waals surface area contributed by atoms with E-state index in [1.54, 1.807) is 0 Å². The second-order valence-corrected chi connectivity index (χ2v) is 14.3. The smallest absolute Gasteiger partial charge is 0.185 e. The van der Waals surface area contributed by atoms with Crippen LogP contribution in [0.4, 0.5) is 0 Å². The van der Waals surface area contributed by atoms with E-state index in [4.69, 9.17) is 4.74 Å². The minimum absolute atomic E-state index is 0.0376. The van der Waals surface area contributed by atoms with Gasteiger partial charge < -0.3 is 25.2 Å². The number of aliphatic hydroxyl groups is 4. The fourth-order valence-electron chi connectivity index (χ4n) is 10.3. The van der Waals surface area contributed by atoms with E-state index in [2.05, 4.69) is 55.1 Å². The van der Waals surface area contributed by atoms with E-state index in [9.17, 15) is 25.2 Å². The lowest BCUT2D eigenvalue weighted by Gasteiger charge is -2.48. The summed E-state index contributed by atoms with van der Waals surface area (Å²) in [6.45, 7) is 6.35. The highest BCUT2D eigenvalue weighted by atomic mass is 16.6. The van der Waals surface area contributed by atoms with Gasteiger partial charge in [0.15, 0.2) is 5.79 Å². The molecule has 8 atom stereocenters. The number of ether oxygens (including phenoxy) is 1. The molecule has 6 nitrogen and oxygen atoms in total. The molecule has 3 fully saturated rings. The van der Waals surface area contributed by atoms with Crippen molar-refractivity contribution in [1.29, 1.82) is 0 Å². The lowest BCUT2D eigenvalue weighted by atomic mass is 9.55. The second-order valence-electron chi connectivity index (χ2n) is 14.3. The number of fused-ring (bicyclic) bond motifs is 6. The summed E-state index contributed by atoms with van der Waals surface area (Å²) >= 11 is 0. The molecule has 0 radical (unpaired) electrons. The first kappa shape index (κ1) is 29.8. The molecule has 3 aromatic rings. The maximum Gasteiger partial charge on any atom is 0.185 e. The van der Waals surface area contributed by atoms with Gasteiger partial charge >= 0.3 is 0 Å². The van der Waals surface area contributed by atoms with Crippen molar-refractivity contribution in [3.8, 4) is 0 Å². The Hall–Kier alpha value is -2.87. The molecule has 7 rings (SSSR count). The number of rotatable bonds is 3. The summed E-state index contributed by atoms with van der Waals surface area (Å²) in [4.78, 5) is 14.7. The Morgan fingerprint density at radius 1 is 0.955 bits per heavy atom. The SMILES string of the molecule is C=C1[C@H]2[C@H](CO)C[C@@]3(C(=O)CCc4cccc(c4)[C@]4(CC[C@H](O)C4)[C@H](CO)c4ccc5ccc(cc5c4)C[C@]13C)[C@]2(O)OC. The van der Waals surface area contributed by atoms with Crippen LogP contribution >= 0.6 is 0 Å². The van der Waals surface area contributed by atoms with Crippen molar-refractivity contribution in [3.05, 3.63) is 95.1 Å². The number of aryl methyl sites for hydroxylation is 1. The number of aliphatic hydroxyl groups excluding tert-OH is 3. The molecule has 0 amide bonds. The quantitative estimate of drug-likeness (QED) is 0.251. The average molecular weight is 597 g/mol. The molecular weight excluding hydrogens is 552 g/mol. The molecule has 7 bridgehead atoms. The number of Topliss-reactive ketones (excluding diaryl/α,β-unsaturated/α-hetero) is 1. The summed E-state index contributed by atoms with van der Waals surface area (Å²) in [5, 5.41) is 46.6. The molecule has 0 saturated heterocycles. The lowest BCUT2D eigenvalue weighted by Crippen LogP contribution is -2.56. The number of hydrogen-bond acceptors (Lipinski definition) is 6. The maximum atomic E-state index is 14.7. The Balaban J connectivity index is 1.45. The van der Waals surface area contributed by atoms with Gasteiger partial charge in [0.2, 0.25) is 0 Å². The molecule has 232 valence electrons. The summed E-state index contributed by atoms with van der Waals surface area (Å²) in [5.41, 5.74) is 2.41. The summed E-state index contributed by atoms with van der Waals surface area (Å²) in [6.07, 6.45) is 3.07. The zero-order chi connectivity index (χ0) is 31.1. The Bertz CT molecular complexity index is 1650. The molecular formula is C38H44O6. The van der Waals surface area contributed by atoms with Crippen molar-refractivity contribution < 1.29 is 30.0 Å². The van der Waals surface area contributed by atoms with Crippen LogP contribution in [-0.4, -0.2) is 58.4 Å². The van der Waals surface area contributed by atoms with Gasteiger partial charge in [0.05, 0.1) is 18.1 Å². The van der Waals surface area contributed by atoms with Crippen LogP contribution in [0, 0.1) is 22.7 Å². The molecule has 3 aromatic carbocycles. The van der Waals surface area contributed by atoms with Gasteiger partial charge in [-0.3, -0.25) is 4.79 Å². The first-order valence-corrected chi connectivity index (χ1v) is 16.1. The summed E-state index contributed by atoms with van der Waals surface area (Å²) < 4.78 is 5.93. The highest BCUT2D eigenvalue weighted by Crippen LogP contribution is 2.74. The van der Waals surface area contributed by atoms with Crippen LogP contribution in [0.5, 0.6) is 0 Å². The van der Waals surface area contributed by atoms with Gasteiger partial charge in [0, 0.05) is 42.8 Å². The van der Waals surface area contributed by atoms with E-state index < -0.39 is 34.1 Å². The van der Waals surface area contributed by atoms with Gasteiger partial charge in [-0.1, -0.05) is 79.7 Å². The Labute approximate surface area is 259 Å². The zero-order valence-corrected chi connectivity index (χ0v) is 25.8. The standard InChI is InChI=1S/C38H44O6/c1-23-34-29(21-39)19-37(38(34,43)44-3)33(42)12-8-24-5-4-6-30(16-24)36(14-13-31(41)20-36)32(22-40)27-11-10-26-9-7-25(15-28(26)17-27)18-35(23,37)2/h4-7,9-11,15-17,29,31-32,34,39-41,43H,1,8,12-14,18-22H2,2-3H3/t29-,31-,32+,34-,35+,36+,37-,38+/m0/s1. The summed E-state index contributed by atoms with van der Waals surface area (Å²) in [6, 6.07) is 21.0. The fraction of sp³-hybridized carbons (Fsp3) is 0.500. The first-order valence-electron chi connectivity index (χ1n) is 16.1. The van der Waals surface area contributed by atoms with E-state index >= 15 is 0 Å². The van der Waals surface area contributed by atoms with Gasteiger partial charge in [-0.2, -0.15) is 0 Å². The minimum Gasteiger partial charge on any atom is -0.396 e. The Morgan fingerprint density at radius 2 is 1.75 bits per heavy atom. The Kier molecular flexibility index (Phi) is 7.00. The predicted octanol–water partition coefficient (Wildman–Crippen LogP) is 4.98. The largest absolute Gasteiger partial charge is 0.396 e. The molecule has 6 heteroatoms. The number of carbonyl (C=O) groups excluding carboxylic acids is 1. The van der Waals surface area contributed by atoms with Crippen molar-refractivity contribution in [2.75, 3.05) is 20.3 Å². The molecule has 4 aliphatic carbocycles. The van der Waals surface area contributed by atoms with E-state index in [-0.39, 0.29) is 37.3 Å². The van der Waals surface area contributed by atoms with Crippen molar-refractivity contribution in [2.45, 2.75) is 75.1 Å². The summed E-state index contributed by atoms with van der Waals surface area (Å²) in [7, 11) is 1.47. The number of methoxy groups -OCH3 is 1. The van der Waals surface area contributed by atoms with Crippen molar-refractivity contribution in [1.82, 2.24) is 0 Å². The third kappa shape index (κ3) is 3.81. The topological polar surface area (TPSA) is 107 Å². The van der Waals surface area contributed by atoms with Gasteiger partial charge in [-0.15, -0.1) is 0 Å². The van der Waals surface area contributed by atoms with Crippen molar-refractivity contribution >= 4 is 16.6 Å². The molecule has 3 saturated carbocycles. The van der Waals surface area contributed by atoms with Crippen LogP contribution < -0.4 is 0 Å². The predicted molar refractivity (Wildman–Crippen MR) is 169 cm³/mol. The van der Waals surface area contributed by atoms with E-state index in [1.807, 2.05) is 19.1 Å². The van der Waals surface area contributed by atoms with Crippen LogP contribution in [0.2, 0.25) is 0 Å². The normalized spacial score (nSPS) is 38.3. The molecule has 0 unspecified atom stereocenters. The van der Waals surface area contributed by atoms with E-state index in [0.717, 1.165) is 45.0 Å². The highest BCUT2D eigenvalue weighted by molar-refractivity contribution is 5.90. The third-order valence-electron chi connectivity index (χ3n) is 12.5. The van der Waals surface area contributed by atoms with Crippen LogP contribution in [0.15, 0.2) is 72.8 Å². The monoisotopic (exact) mass is 596 g/mol. The van der Waals surface area contributed by atoms with Crippen LogP contribution in [0.3, 0.4) is 0 Å². The number of hydrogen-bond donors (Lipinski definition) is 4. The maximum absolute atomic E-state index is 14.7. The van der Waals surface area contributed by atoms with Crippen molar-refractivity contribution in [3.63, 3.8) is 0 Å². The zero-order valence-electron chi connectivity index (χ0n) is 25.8. The number of benzene rings is 3. The Morgan fingerprint density at radius 3 is 2.45 bits per heavy atom. The van der Waals surface area contributed by atoms with Crippen LogP contribution in [0.1, 0.15) is 67.2 Å². The van der Waals surface area contributed by atoms with Gasteiger partial charge in [-0.05, 0) is 77.5 Å². The highest BCUT2D eigenvalue weighted by Gasteiger charge is 2.80. The molecule has 0 heterocycles. The van der Waals surface area contributed by atoms with Gasteiger partial charge in [-0.25, -0.2) is 0 Å². The lowest BCUT2D eigenvalue weighted by molar-refractivity contribution is -0.254. The van der Waals surface area contributed by atoms with Crippen LogP contribution in [-0.2, 0) is 27.8 Å². The van der Waals surface area contributed by atoms with E-state index in [1.165, 1.54) is 7.11 Å². The number of carbonyl (C=O) groups is 1. The summed E-state index contributed by atoms with van der Waals surface area (Å²) in [5.74, 6) is -2.90. The second kappa shape index (κ2) is 10.3.